The lowest BCUT2D eigenvalue weighted by Gasteiger charge is -2.33. The maximum absolute atomic E-state index is 12.5. The molecule has 2 heterocycles. The van der Waals surface area contributed by atoms with Gasteiger partial charge in [-0.1, -0.05) is 18.2 Å². The van der Waals surface area contributed by atoms with Crippen LogP contribution < -0.4 is 0 Å². The van der Waals surface area contributed by atoms with Gasteiger partial charge in [0.2, 0.25) is 11.0 Å². The van der Waals surface area contributed by atoms with Gasteiger partial charge in [-0.25, -0.2) is 4.99 Å². The molecular formula is C14H17N3O2S. The second-order valence-corrected chi connectivity index (χ2v) is 5.35. The van der Waals surface area contributed by atoms with Gasteiger partial charge in [0, 0.05) is 26.2 Å². The summed E-state index contributed by atoms with van der Waals surface area (Å²) < 4.78 is 5.32. The van der Waals surface area contributed by atoms with E-state index in [-0.39, 0.29) is 11.8 Å². The molecule has 1 amide bonds. The smallest absolute Gasteiger partial charge is 0.241 e. The number of aliphatic imine (C=N–C) groups is 1. The average molecular weight is 291 g/mol. The van der Waals surface area contributed by atoms with E-state index in [1.54, 1.807) is 4.90 Å². The van der Waals surface area contributed by atoms with Gasteiger partial charge in [0.15, 0.2) is 0 Å². The van der Waals surface area contributed by atoms with Crippen LogP contribution in [0, 0.1) is 5.92 Å². The molecule has 0 bridgehead atoms. The lowest BCUT2D eigenvalue weighted by molar-refractivity contribution is -0.128. The number of hydrogen-bond acceptors (Lipinski definition) is 4. The van der Waals surface area contributed by atoms with Crippen molar-refractivity contribution in [2.45, 2.75) is 0 Å². The van der Waals surface area contributed by atoms with E-state index in [1.807, 2.05) is 24.3 Å². The Kier molecular flexibility index (Phi) is 4.05. The zero-order valence-electron chi connectivity index (χ0n) is 11.2. The monoisotopic (exact) mass is 291 g/mol. The number of carbonyl (C=O) groups is 1. The van der Waals surface area contributed by atoms with Crippen LogP contribution in [0.5, 0.6) is 0 Å². The van der Waals surface area contributed by atoms with Crippen LogP contribution in [0.4, 0.5) is 0 Å². The van der Waals surface area contributed by atoms with Crippen LogP contribution in [-0.2, 0) is 9.53 Å². The fraction of sp³-hybridized carbons (Fsp3) is 0.500. The second kappa shape index (κ2) is 5.95. The molecule has 0 saturated carbocycles. The number of ether oxygens (including phenoxy) is 1. The first-order chi connectivity index (χ1) is 9.75. The Bertz CT molecular complexity index is 507. The van der Waals surface area contributed by atoms with Gasteiger partial charge in [-0.05, 0) is 18.3 Å². The van der Waals surface area contributed by atoms with E-state index in [2.05, 4.69) is 9.89 Å². The summed E-state index contributed by atoms with van der Waals surface area (Å²) in [4.78, 5) is 20.8. The fourth-order valence-electron chi connectivity index (χ4n) is 2.55. The van der Waals surface area contributed by atoms with Crippen molar-refractivity contribution < 1.29 is 9.53 Å². The molecule has 6 heteroatoms. The molecule has 3 rings (SSSR count). The molecule has 106 valence electrons. The lowest BCUT2D eigenvalue weighted by Crippen LogP contribution is -2.49. The van der Waals surface area contributed by atoms with Gasteiger partial charge in [-0.15, -0.1) is 0 Å². The highest BCUT2D eigenvalue weighted by atomic mass is 32.1. The summed E-state index contributed by atoms with van der Waals surface area (Å²) in [5, 5.41) is 0.384. The first-order valence-electron chi connectivity index (χ1n) is 6.84. The van der Waals surface area contributed by atoms with Crippen LogP contribution in [0.25, 0.3) is 0 Å². The van der Waals surface area contributed by atoms with Crippen LogP contribution in [0.3, 0.4) is 0 Å². The van der Waals surface area contributed by atoms with Crippen molar-refractivity contribution in [1.29, 1.82) is 0 Å². The number of thiocarbonyl (C=S) groups is 1. The molecule has 0 aromatic heterocycles. The van der Waals surface area contributed by atoms with Crippen LogP contribution in [0.2, 0.25) is 0 Å². The minimum absolute atomic E-state index is 0.0360. The molecule has 2 aliphatic heterocycles. The van der Waals surface area contributed by atoms with Crippen LogP contribution in [0.1, 0.15) is 0 Å². The summed E-state index contributed by atoms with van der Waals surface area (Å²) in [5.41, 5.74) is 0.755. The van der Waals surface area contributed by atoms with Crippen LogP contribution >= 0.6 is 12.2 Å². The third kappa shape index (κ3) is 2.72. The number of rotatable bonds is 3. The lowest BCUT2D eigenvalue weighted by atomic mass is 9.95. The highest BCUT2D eigenvalue weighted by Crippen LogP contribution is 2.19. The molecule has 1 atom stereocenters. The SMILES string of the molecule is O=C1C2C=CC=CC2=NC(=S)N1CCN1CCOCC1. The van der Waals surface area contributed by atoms with Gasteiger partial charge in [0.1, 0.15) is 0 Å². The van der Waals surface area contributed by atoms with Gasteiger partial charge in [-0.3, -0.25) is 14.6 Å². The Morgan fingerprint density at radius 1 is 1.30 bits per heavy atom. The normalized spacial score (nSPS) is 26.7. The number of hydrogen-bond donors (Lipinski definition) is 0. The Morgan fingerprint density at radius 3 is 2.90 bits per heavy atom. The minimum Gasteiger partial charge on any atom is -0.379 e. The number of allylic oxidation sites excluding steroid dienone is 3. The van der Waals surface area contributed by atoms with Crippen molar-refractivity contribution in [2.75, 3.05) is 39.4 Å². The van der Waals surface area contributed by atoms with Gasteiger partial charge in [0.25, 0.3) is 0 Å². The molecule has 0 spiro atoms. The predicted molar refractivity (Wildman–Crippen MR) is 80.8 cm³/mol. The summed E-state index contributed by atoms with van der Waals surface area (Å²) in [7, 11) is 0. The Hall–Kier alpha value is -1.37. The molecule has 1 fully saturated rings. The summed E-state index contributed by atoms with van der Waals surface area (Å²) >= 11 is 5.26. The Morgan fingerprint density at radius 2 is 2.10 bits per heavy atom. The standard InChI is InChI=1S/C14H17N3O2S/c18-13-11-3-1-2-4-12(11)15-14(20)17(13)6-5-16-7-9-19-10-8-16/h1-4,11H,5-10H2. The maximum Gasteiger partial charge on any atom is 0.241 e. The van der Waals surface area contributed by atoms with Crippen molar-refractivity contribution >= 4 is 28.9 Å². The summed E-state index contributed by atoms with van der Waals surface area (Å²) in [6.07, 6.45) is 7.50. The molecule has 0 aromatic rings. The third-order valence-corrected chi connectivity index (χ3v) is 4.04. The largest absolute Gasteiger partial charge is 0.379 e. The molecule has 3 aliphatic rings. The van der Waals surface area contributed by atoms with Crippen molar-refractivity contribution in [2.24, 2.45) is 10.9 Å². The highest BCUT2D eigenvalue weighted by Gasteiger charge is 2.33. The topological polar surface area (TPSA) is 45.1 Å². The van der Waals surface area contributed by atoms with Crippen molar-refractivity contribution in [3.63, 3.8) is 0 Å². The zero-order chi connectivity index (χ0) is 13.9. The van der Waals surface area contributed by atoms with E-state index in [9.17, 15) is 4.79 Å². The first-order valence-corrected chi connectivity index (χ1v) is 7.25. The van der Waals surface area contributed by atoms with E-state index in [0.717, 1.165) is 38.6 Å². The van der Waals surface area contributed by atoms with E-state index >= 15 is 0 Å². The second-order valence-electron chi connectivity index (χ2n) is 4.98. The summed E-state index contributed by atoms with van der Waals surface area (Å²) in [6, 6.07) is 0. The van der Waals surface area contributed by atoms with E-state index < -0.39 is 0 Å². The number of carbonyl (C=O) groups excluding carboxylic acids is 1. The van der Waals surface area contributed by atoms with E-state index in [1.165, 1.54) is 0 Å². The molecule has 1 saturated heterocycles. The molecular weight excluding hydrogens is 274 g/mol. The number of amides is 1. The van der Waals surface area contributed by atoms with Crippen molar-refractivity contribution in [3.05, 3.63) is 24.3 Å². The molecule has 20 heavy (non-hydrogen) atoms. The molecule has 0 aromatic carbocycles. The first kappa shape index (κ1) is 13.6. The van der Waals surface area contributed by atoms with E-state index in [0.29, 0.717) is 11.7 Å². The fourth-order valence-corrected chi connectivity index (χ4v) is 2.84. The van der Waals surface area contributed by atoms with E-state index in [4.69, 9.17) is 17.0 Å². The van der Waals surface area contributed by atoms with Gasteiger partial charge >= 0.3 is 0 Å². The summed E-state index contributed by atoms with van der Waals surface area (Å²) in [5.74, 6) is -0.231. The minimum atomic E-state index is -0.267. The number of fused-ring (bicyclic) bond motifs is 1. The zero-order valence-corrected chi connectivity index (χ0v) is 12.0. The molecule has 1 aliphatic carbocycles. The third-order valence-electron chi connectivity index (χ3n) is 3.73. The number of morpholine rings is 1. The quantitative estimate of drug-likeness (QED) is 0.716. The summed E-state index contributed by atoms with van der Waals surface area (Å²) in [6.45, 7) is 4.76. The van der Waals surface area contributed by atoms with Gasteiger partial charge in [-0.2, -0.15) is 0 Å². The van der Waals surface area contributed by atoms with Crippen molar-refractivity contribution in [1.82, 2.24) is 9.80 Å². The average Bonchev–Trinajstić information content (AvgIpc) is 2.48. The Labute approximate surface area is 123 Å². The molecule has 5 nitrogen and oxygen atoms in total. The molecule has 1 unspecified atom stereocenters. The Balaban J connectivity index is 1.65. The van der Waals surface area contributed by atoms with Crippen LogP contribution in [-0.4, -0.2) is 65.9 Å². The molecule has 0 N–H and O–H groups in total. The maximum atomic E-state index is 12.5. The number of nitrogens with zero attached hydrogens (tertiary/aromatic N) is 3. The van der Waals surface area contributed by atoms with Crippen molar-refractivity contribution in [3.8, 4) is 0 Å². The molecule has 0 radical (unpaired) electrons. The predicted octanol–water partition coefficient (Wildman–Crippen LogP) is 0.629. The van der Waals surface area contributed by atoms with Gasteiger partial charge < -0.3 is 4.74 Å². The van der Waals surface area contributed by atoms with Crippen LogP contribution in [0.15, 0.2) is 29.3 Å². The highest BCUT2D eigenvalue weighted by molar-refractivity contribution is 7.80. The van der Waals surface area contributed by atoms with Gasteiger partial charge in [0.05, 0.1) is 24.8 Å².